The predicted molar refractivity (Wildman–Crippen MR) is 138 cm³/mol. The minimum absolute atomic E-state index is 0.180. The number of hydrogen-bond donors (Lipinski definition) is 0. The molecule has 1 unspecified atom stereocenters. The molecule has 6 atom stereocenters. The number of ether oxygens (including phenoxy) is 4. The highest BCUT2D eigenvalue weighted by Crippen LogP contribution is 2.42. The van der Waals surface area contributed by atoms with Crippen molar-refractivity contribution in [1.82, 2.24) is 0 Å². The zero-order valence-electron chi connectivity index (χ0n) is 23.4. The lowest BCUT2D eigenvalue weighted by atomic mass is 9.87. The van der Waals surface area contributed by atoms with Crippen molar-refractivity contribution in [3.05, 3.63) is 12.2 Å². The van der Waals surface area contributed by atoms with Gasteiger partial charge in [-0.2, -0.15) is 8.78 Å². The van der Waals surface area contributed by atoms with Crippen molar-refractivity contribution in [3.63, 3.8) is 0 Å². The summed E-state index contributed by atoms with van der Waals surface area (Å²) in [5, 5.41) is 0. The standard InChI is InChI=1S/C29H46F2O7/c1-5-20(2)19-29(30,31)26(33)16-15-23-22(12-8-6-7-9-13-27(34)35-4)24(37-21(3)32)18-25(23)38-28-14-10-11-17-36-28/h15-16,20,22-25,28H,5-14,17-19H2,1-4H3/t20-,22+,23+,24-,25+,28?/m0/s1. The van der Waals surface area contributed by atoms with Gasteiger partial charge in [0.1, 0.15) is 6.10 Å². The van der Waals surface area contributed by atoms with E-state index in [0.717, 1.165) is 51.0 Å². The minimum Gasteiger partial charge on any atom is -0.469 e. The van der Waals surface area contributed by atoms with E-state index >= 15 is 0 Å². The van der Waals surface area contributed by atoms with Crippen LogP contribution in [0.3, 0.4) is 0 Å². The van der Waals surface area contributed by atoms with Crippen molar-refractivity contribution in [2.24, 2.45) is 17.8 Å². The highest BCUT2D eigenvalue weighted by molar-refractivity contribution is 5.95. The first-order valence-corrected chi connectivity index (χ1v) is 14.2. The van der Waals surface area contributed by atoms with Gasteiger partial charge < -0.3 is 18.9 Å². The fourth-order valence-electron chi connectivity index (χ4n) is 5.35. The minimum atomic E-state index is -3.43. The molecular weight excluding hydrogens is 498 g/mol. The summed E-state index contributed by atoms with van der Waals surface area (Å²) in [7, 11) is 1.37. The molecule has 0 aromatic carbocycles. The Kier molecular flexibility index (Phi) is 13.9. The van der Waals surface area contributed by atoms with Gasteiger partial charge in [-0.05, 0) is 44.1 Å². The molecule has 38 heavy (non-hydrogen) atoms. The molecule has 0 bridgehead atoms. The van der Waals surface area contributed by atoms with Gasteiger partial charge in [-0.25, -0.2) is 0 Å². The van der Waals surface area contributed by atoms with Gasteiger partial charge in [0, 0.05) is 44.6 Å². The van der Waals surface area contributed by atoms with Crippen LogP contribution in [0, 0.1) is 17.8 Å². The molecule has 2 fully saturated rings. The molecule has 0 spiro atoms. The van der Waals surface area contributed by atoms with Crippen molar-refractivity contribution in [2.45, 2.75) is 122 Å². The van der Waals surface area contributed by atoms with Gasteiger partial charge in [-0.1, -0.05) is 45.6 Å². The van der Waals surface area contributed by atoms with E-state index in [0.29, 0.717) is 32.3 Å². The van der Waals surface area contributed by atoms with Crippen LogP contribution < -0.4 is 0 Å². The third-order valence-electron chi connectivity index (χ3n) is 7.68. The van der Waals surface area contributed by atoms with Crippen molar-refractivity contribution in [3.8, 4) is 0 Å². The molecule has 1 aliphatic carbocycles. The van der Waals surface area contributed by atoms with E-state index in [9.17, 15) is 23.2 Å². The van der Waals surface area contributed by atoms with Crippen molar-refractivity contribution in [2.75, 3.05) is 13.7 Å². The molecule has 1 saturated carbocycles. The van der Waals surface area contributed by atoms with Crippen LogP contribution in [0.4, 0.5) is 8.78 Å². The Bertz CT molecular complexity index is 779. The molecule has 9 heteroatoms. The predicted octanol–water partition coefficient (Wildman–Crippen LogP) is 6.18. The van der Waals surface area contributed by atoms with Crippen molar-refractivity contribution >= 4 is 17.7 Å². The van der Waals surface area contributed by atoms with Gasteiger partial charge in [0.25, 0.3) is 0 Å². The molecule has 7 nitrogen and oxygen atoms in total. The number of allylic oxidation sites excluding steroid dienone is 1. The third kappa shape index (κ3) is 10.7. The number of carbonyl (C=O) groups excluding carboxylic acids is 3. The summed E-state index contributed by atoms with van der Waals surface area (Å²) in [6.07, 6.45) is 8.73. The quantitative estimate of drug-likeness (QED) is 0.130. The second kappa shape index (κ2) is 16.3. The van der Waals surface area contributed by atoms with E-state index in [2.05, 4.69) is 4.74 Å². The zero-order chi connectivity index (χ0) is 28.1. The first kappa shape index (κ1) is 32.3. The first-order chi connectivity index (χ1) is 18.1. The number of alkyl halides is 2. The van der Waals surface area contributed by atoms with Crippen LogP contribution >= 0.6 is 0 Å². The van der Waals surface area contributed by atoms with E-state index < -0.39 is 42.6 Å². The highest BCUT2D eigenvalue weighted by Gasteiger charge is 2.46. The molecule has 0 aromatic heterocycles. The van der Waals surface area contributed by atoms with Gasteiger partial charge in [0.15, 0.2) is 6.29 Å². The van der Waals surface area contributed by atoms with E-state index in [1.54, 1.807) is 13.0 Å². The number of unbranched alkanes of at least 4 members (excludes halogenated alkanes) is 3. The number of hydrogen-bond acceptors (Lipinski definition) is 7. The van der Waals surface area contributed by atoms with Gasteiger partial charge in [0.2, 0.25) is 5.78 Å². The average molecular weight is 545 g/mol. The lowest BCUT2D eigenvalue weighted by Gasteiger charge is -2.29. The fraction of sp³-hybridized carbons (Fsp3) is 0.828. The van der Waals surface area contributed by atoms with Crippen LogP contribution in [0.5, 0.6) is 0 Å². The Labute approximate surface area is 226 Å². The summed E-state index contributed by atoms with van der Waals surface area (Å²) in [5.41, 5.74) is 0. The Morgan fingerprint density at radius 1 is 1.11 bits per heavy atom. The second-order valence-corrected chi connectivity index (χ2v) is 10.8. The van der Waals surface area contributed by atoms with E-state index in [1.807, 2.05) is 6.92 Å². The summed E-state index contributed by atoms with van der Waals surface area (Å²) < 4.78 is 51.5. The van der Waals surface area contributed by atoms with Crippen LogP contribution in [0.15, 0.2) is 12.2 Å². The fourth-order valence-corrected chi connectivity index (χ4v) is 5.35. The van der Waals surface area contributed by atoms with E-state index in [1.165, 1.54) is 14.0 Å². The second-order valence-electron chi connectivity index (χ2n) is 10.8. The van der Waals surface area contributed by atoms with Gasteiger partial charge >= 0.3 is 17.9 Å². The van der Waals surface area contributed by atoms with Crippen LogP contribution in [-0.4, -0.2) is 55.9 Å². The molecule has 0 N–H and O–H groups in total. The molecule has 0 radical (unpaired) electrons. The Balaban J connectivity index is 2.15. The van der Waals surface area contributed by atoms with E-state index in [-0.39, 0.29) is 23.7 Å². The number of carbonyl (C=O) groups is 3. The summed E-state index contributed by atoms with van der Waals surface area (Å²) in [6.45, 7) is 5.48. The smallest absolute Gasteiger partial charge is 0.309 e. The Morgan fingerprint density at radius 3 is 2.47 bits per heavy atom. The molecule has 2 rings (SSSR count). The third-order valence-corrected chi connectivity index (χ3v) is 7.68. The zero-order valence-corrected chi connectivity index (χ0v) is 23.4. The van der Waals surface area contributed by atoms with Gasteiger partial charge in [-0.3, -0.25) is 14.4 Å². The topological polar surface area (TPSA) is 88.1 Å². The normalized spacial score (nSPS) is 26.8. The maximum atomic E-state index is 14.6. The average Bonchev–Trinajstić information content (AvgIpc) is 3.18. The SMILES string of the molecule is CC[C@H](C)CC(F)(F)C(=O)C=C[C@@H]1[C@@H](CCCCCCC(=O)OC)[C@@H](OC(C)=O)C[C@H]1OC1CCCCO1. The number of rotatable bonds is 16. The Morgan fingerprint density at radius 2 is 1.84 bits per heavy atom. The molecule has 0 aromatic rings. The summed E-state index contributed by atoms with van der Waals surface area (Å²) in [6, 6.07) is 0. The van der Waals surface area contributed by atoms with E-state index in [4.69, 9.17) is 14.2 Å². The first-order valence-electron chi connectivity index (χ1n) is 14.2. The summed E-state index contributed by atoms with van der Waals surface area (Å²) in [4.78, 5) is 35.7. The largest absolute Gasteiger partial charge is 0.469 e. The Hall–Kier alpha value is -1.87. The number of methoxy groups -OCH3 is 1. The van der Waals surface area contributed by atoms with Crippen LogP contribution in [0.25, 0.3) is 0 Å². The maximum Gasteiger partial charge on any atom is 0.309 e. The maximum absolute atomic E-state index is 14.6. The van der Waals surface area contributed by atoms with Crippen LogP contribution in [-0.2, 0) is 33.3 Å². The number of ketones is 1. The van der Waals surface area contributed by atoms with Gasteiger partial charge in [0.05, 0.1) is 13.2 Å². The molecule has 1 saturated heterocycles. The monoisotopic (exact) mass is 544 g/mol. The van der Waals surface area contributed by atoms with Crippen molar-refractivity contribution < 1.29 is 42.1 Å². The highest BCUT2D eigenvalue weighted by atomic mass is 19.3. The lowest BCUT2D eigenvalue weighted by molar-refractivity contribution is -0.193. The molecular formula is C29H46F2O7. The van der Waals surface area contributed by atoms with Crippen LogP contribution in [0.2, 0.25) is 0 Å². The van der Waals surface area contributed by atoms with Crippen LogP contribution in [0.1, 0.15) is 97.8 Å². The molecule has 1 heterocycles. The summed E-state index contributed by atoms with van der Waals surface area (Å²) >= 11 is 0. The molecule has 0 amide bonds. The van der Waals surface area contributed by atoms with Gasteiger partial charge in [-0.15, -0.1) is 0 Å². The lowest BCUT2D eigenvalue weighted by Crippen LogP contribution is -2.32. The van der Waals surface area contributed by atoms with Crippen molar-refractivity contribution in [1.29, 1.82) is 0 Å². The molecule has 1 aliphatic heterocycles. The number of esters is 2. The number of halogens is 2. The summed E-state index contributed by atoms with van der Waals surface area (Å²) in [5.74, 6) is -6.11. The molecule has 218 valence electrons. The molecule has 2 aliphatic rings.